The Balaban J connectivity index is 1.83. The number of hydrogen-bond donors (Lipinski definition) is 2. The highest BCUT2D eigenvalue weighted by molar-refractivity contribution is 6.04. The van der Waals surface area contributed by atoms with Crippen molar-refractivity contribution in [2.24, 2.45) is 15.9 Å². The lowest BCUT2D eigenvalue weighted by Gasteiger charge is -2.23. The average molecular weight is 519 g/mol. The number of nitrogens with one attached hydrogen (secondary N) is 1. The molecule has 1 aliphatic heterocycles. The lowest BCUT2D eigenvalue weighted by atomic mass is 9.94. The van der Waals surface area contributed by atoms with Gasteiger partial charge < -0.3 is 15.3 Å². The summed E-state index contributed by atoms with van der Waals surface area (Å²) in [6, 6.07) is 0. The summed E-state index contributed by atoms with van der Waals surface area (Å²) in [5, 5.41) is 12.2. The maximum Gasteiger partial charge on any atom is 0.303 e. The number of aliphatic carboxylic acids is 1. The third-order valence-electron chi connectivity index (χ3n) is 6.42. The number of nitrogens with zero attached hydrogens (tertiary/aromatic N) is 5. The van der Waals surface area contributed by atoms with E-state index in [2.05, 4.69) is 47.0 Å². The molecule has 38 heavy (non-hydrogen) atoms. The molecule has 9 heteroatoms. The van der Waals surface area contributed by atoms with Gasteiger partial charge in [-0.2, -0.15) is 0 Å². The fraction of sp³-hybridized carbons (Fsp3) is 0.448. The molecule has 0 bridgehead atoms. The molecule has 3 rings (SSSR count). The van der Waals surface area contributed by atoms with E-state index in [4.69, 9.17) is 15.1 Å². The maximum absolute atomic E-state index is 13.1. The summed E-state index contributed by atoms with van der Waals surface area (Å²) >= 11 is 0. The van der Waals surface area contributed by atoms with Gasteiger partial charge in [-0.1, -0.05) is 38.7 Å². The molecule has 0 spiro atoms. The summed E-state index contributed by atoms with van der Waals surface area (Å²) in [5.41, 5.74) is 3.73. The van der Waals surface area contributed by atoms with E-state index in [1.165, 1.54) is 6.08 Å². The van der Waals surface area contributed by atoms with E-state index in [0.717, 1.165) is 41.5 Å². The molecule has 0 fully saturated rings. The first kappa shape index (κ1) is 28.7. The van der Waals surface area contributed by atoms with Crippen molar-refractivity contribution >= 4 is 41.3 Å². The minimum Gasteiger partial charge on any atom is -0.481 e. The van der Waals surface area contributed by atoms with Crippen LogP contribution in [0.4, 0.5) is 0 Å². The Labute approximate surface area is 224 Å². The first-order valence-electron chi connectivity index (χ1n) is 13.3. The standard InChI is InChI=1S/C29H38N6O3/c1-5-22-23(16-17-27(36)35(7-3)18-26-31-19-30-25(6-2)34-26)32-24(10-8-9-11-28(37)38)29(33-22)21-14-12-20(4)13-15-21/h5,12,14-17,20H,1,6-11,13,18-19H2,2-4H3,(H,37,38)(H,30,31,34)/b17-16+. The van der Waals surface area contributed by atoms with Crippen LogP contribution in [0.5, 0.6) is 0 Å². The Morgan fingerprint density at radius 3 is 2.63 bits per heavy atom. The van der Waals surface area contributed by atoms with Crippen molar-refractivity contribution < 1.29 is 14.7 Å². The predicted octanol–water partition coefficient (Wildman–Crippen LogP) is 4.53. The number of allylic oxidation sites excluding steroid dienone is 4. The van der Waals surface area contributed by atoms with Crippen LogP contribution in [0.2, 0.25) is 0 Å². The van der Waals surface area contributed by atoms with E-state index in [-0.39, 0.29) is 12.3 Å². The highest BCUT2D eigenvalue weighted by Gasteiger charge is 2.18. The fourth-order valence-corrected chi connectivity index (χ4v) is 4.17. The molecule has 1 unspecified atom stereocenters. The normalized spacial score (nSPS) is 16.9. The SMILES string of the molecule is C=Cc1nc(C2=CCC(C)C=C2)c(CCCCC(=O)O)nc1/C=C/C(=O)N(CC)CC1=NCN=C(CC)N1. The van der Waals surface area contributed by atoms with Gasteiger partial charge in [-0.3, -0.25) is 9.59 Å². The highest BCUT2D eigenvalue weighted by Crippen LogP contribution is 2.27. The molecule has 1 aromatic rings. The van der Waals surface area contributed by atoms with Gasteiger partial charge in [-0.15, -0.1) is 0 Å². The number of amides is 1. The van der Waals surface area contributed by atoms with Gasteiger partial charge in [0, 0.05) is 25.5 Å². The number of carboxylic acids is 1. The molecule has 0 saturated carbocycles. The largest absolute Gasteiger partial charge is 0.481 e. The smallest absolute Gasteiger partial charge is 0.303 e. The summed E-state index contributed by atoms with van der Waals surface area (Å²) < 4.78 is 0. The third-order valence-corrected chi connectivity index (χ3v) is 6.42. The van der Waals surface area contributed by atoms with Crippen molar-refractivity contribution in [2.75, 3.05) is 19.8 Å². The number of likely N-dealkylation sites (N-methyl/N-ethyl adjacent to an activating group) is 1. The Hall–Kier alpha value is -3.88. The van der Waals surface area contributed by atoms with Crippen LogP contribution in [0.25, 0.3) is 17.7 Å². The first-order chi connectivity index (χ1) is 18.3. The summed E-state index contributed by atoms with van der Waals surface area (Å²) in [4.78, 5) is 44.1. The maximum atomic E-state index is 13.1. The van der Waals surface area contributed by atoms with Crippen LogP contribution in [-0.4, -0.2) is 63.3 Å². The molecule has 0 saturated heterocycles. The van der Waals surface area contributed by atoms with E-state index in [1.54, 1.807) is 17.1 Å². The van der Waals surface area contributed by atoms with Crippen molar-refractivity contribution in [3.63, 3.8) is 0 Å². The molecule has 1 amide bonds. The van der Waals surface area contributed by atoms with E-state index in [0.29, 0.717) is 56.3 Å². The van der Waals surface area contributed by atoms with Crippen LogP contribution in [0.15, 0.2) is 40.9 Å². The highest BCUT2D eigenvalue weighted by atomic mass is 16.4. The number of rotatable bonds is 13. The third kappa shape index (κ3) is 8.06. The van der Waals surface area contributed by atoms with Crippen molar-refractivity contribution in [3.8, 4) is 0 Å². The van der Waals surface area contributed by atoms with E-state index < -0.39 is 5.97 Å². The Kier molecular flexibility index (Phi) is 10.7. The lowest BCUT2D eigenvalue weighted by molar-refractivity contribution is -0.137. The number of carbonyl (C=O) groups is 2. The number of hydrogen-bond acceptors (Lipinski definition) is 7. The van der Waals surface area contributed by atoms with Gasteiger partial charge in [0.1, 0.15) is 18.3 Å². The van der Waals surface area contributed by atoms with Gasteiger partial charge in [-0.05, 0) is 56.3 Å². The van der Waals surface area contributed by atoms with Crippen LogP contribution >= 0.6 is 0 Å². The Morgan fingerprint density at radius 1 is 1.18 bits per heavy atom. The van der Waals surface area contributed by atoms with Crippen LogP contribution in [-0.2, 0) is 16.0 Å². The topological polar surface area (TPSA) is 120 Å². The quantitative estimate of drug-likeness (QED) is 0.293. The number of amidine groups is 2. The fourth-order valence-electron chi connectivity index (χ4n) is 4.17. The molecule has 0 aromatic carbocycles. The zero-order valence-corrected chi connectivity index (χ0v) is 22.6. The van der Waals surface area contributed by atoms with Crippen LogP contribution in [0.3, 0.4) is 0 Å². The van der Waals surface area contributed by atoms with E-state index in [9.17, 15) is 9.59 Å². The van der Waals surface area contributed by atoms with Crippen LogP contribution < -0.4 is 5.32 Å². The minimum absolute atomic E-state index is 0.119. The molecule has 1 aliphatic carbocycles. The van der Waals surface area contributed by atoms with Gasteiger partial charge in [0.15, 0.2) is 0 Å². The molecule has 2 N–H and O–H groups in total. The van der Waals surface area contributed by atoms with Gasteiger partial charge >= 0.3 is 5.97 Å². The van der Waals surface area contributed by atoms with E-state index in [1.807, 2.05) is 13.8 Å². The summed E-state index contributed by atoms with van der Waals surface area (Å²) in [6.45, 7) is 11.3. The molecule has 1 atom stereocenters. The second kappa shape index (κ2) is 14.2. The zero-order valence-electron chi connectivity index (χ0n) is 22.6. The summed E-state index contributed by atoms with van der Waals surface area (Å²) in [5.74, 6) is 1.10. The van der Waals surface area contributed by atoms with Crippen molar-refractivity contribution in [1.82, 2.24) is 20.2 Å². The zero-order chi connectivity index (χ0) is 27.5. The van der Waals surface area contributed by atoms with Gasteiger partial charge in [0.25, 0.3) is 0 Å². The van der Waals surface area contributed by atoms with Gasteiger partial charge in [-0.25, -0.2) is 20.0 Å². The molecular weight excluding hydrogens is 480 g/mol. The number of aromatic nitrogens is 2. The number of unbranched alkanes of at least 4 members (excludes halogenated alkanes) is 1. The van der Waals surface area contributed by atoms with Gasteiger partial charge in [0.05, 0.1) is 29.3 Å². The minimum atomic E-state index is -0.805. The van der Waals surface area contributed by atoms with Gasteiger partial charge in [0.2, 0.25) is 5.91 Å². The number of aryl methyl sites for hydroxylation is 1. The Morgan fingerprint density at radius 2 is 1.97 bits per heavy atom. The van der Waals surface area contributed by atoms with Crippen molar-refractivity contribution in [2.45, 2.75) is 59.3 Å². The predicted molar refractivity (Wildman–Crippen MR) is 153 cm³/mol. The Bertz CT molecular complexity index is 1190. The van der Waals surface area contributed by atoms with Crippen LogP contribution in [0, 0.1) is 5.92 Å². The number of carbonyl (C=O) groups excluding carboxylic acids is 1. The molecular formula is C29H38N6O3. The van der Waals surface area contributed by atoms with Crippen molar-refractivity contribution in [3.05, 3.63) is 53.7 Å². The summed E-state index contributed by atoms with van der Waals surface area (Å²) in [6.07, 6.45) is 14.9. The second-order valence-electron chi connectivity index (χ2n) is 9.34. The second-order valence-corrected chi connectivity index (χ2v) is 9.34. The molecule has 9 nitrogen and oxygen atoms in total. The molecule has 0 radical (unpaired) electrons. The molecule has 2 aliphatic rings. The molecule has 1 aromatic heterocycles. The van der Waals surface area contributed by atoms with E-state index >= 15 is 0 Å². The summed E-state index contributed by atoms with van der Waals surface area (Å²) in [7, 11) is 0. The number of carboxylic acid groups (broad SMARTS) is 1. The number of aliphatic imine (C=N–C) groups is 2. The van der Waals surface area contributed by atoms with Crippen LogP contribution in [0.1, 0.15) is 75.7 Å². The lowest BCUT2D eigenvalue weighted by Crippen LogP contribution is -2.43. The first-order valence-corrected chi connectivity index (χ1v) is 13.3. The van der Waals surface area contributed by atoms with Crippen molar-refractivity contribution in [1.29, 1.82) is 0 Å². The average Bonchev–Trinajstić information content (AvgIpc) is 2.93. The monoisotopic (exact) mass is 518 g/mol. The molecule has 202 valence electrons. The molecule has 2 heterocycles.